The molecule has 28 heavy (non-hydrogen) atoms. The van der Waals surface area contributed by atoms with Crippen molar-refractivity contribution in [2.24, 2.45) is 0 Å². The van der Waals surface area contributed by atoms with Gasteiger partial charge in [0.15, 0.2) is 0 Å². The van der Waals surface area contributed by atoms with Crippen molar-refractivity contribution in [3.05, 3.63) is 47.2 Å². The fourth-order valence-electron chi connectivity index (χ4n) is 3.54. The number of hydrogen-bond acceptors (Lipinski definition) is 4. The zero-order valence-corrected chi connectivity index (χ0v) is 16.9. The van der Waals surface area contributed by atoms with E-state index in [-0.39, 0.29) is 11.8 Å². The maximum atomic E-state index is 12.9. The summed E-state index contributed by atoms with van der Waals surface area (Å²) in [4.78, 5) is 40.6. The molecule has 150 valence electrons. The van der Waals surface area contributed by atoms with Gasteiger partial charge in [0.1, 0.15) is 11.6 Å². The number of amides is 3. The Balaban J connectivity index is 1.78. The quantitative estimate of drug-likeness (QED) is 0.868. The summed E-state index contributed by atoms with van der Waals surface area (Å²) in [6, 6.07) is 4.98. The molecule has 0 aromatic heterocycles. The van der Waals surface area contributed by atoms with Gasteiger partial charge in [-0.3, -0.25) is 9.59 Å². The Morgan fingerprint density at radius 1 is 1.36 bits per heavy atom. The highest BCUT2D eigenvalue weighted by Crippen LogP contribution is 2.31. The van der Waals surface area contributed by atoms with E-state index in [1.165, 1.54) is 4.90 Å². The average Bonchev–Trinajstić information content (AvgIpc) is 2.91. The first kappa shape index (κ1) is 19.9. The van der Waals surface area contributed by atoms with E-state index in [4.69, 9.17) is 4.74 Å². The zero-order chi connectivity index (χ0) is 20.6. The van der Waals surface area contributed by atoms with Crippen molar-refractivity contribution in [3.8, 4) is 0 Å². The van der Waals surface area contributed by atoms with Gasteiger partial charge in [-0.25, -0.2) is 4.79 Å². The number of carbonyl (C=O) groups is 3. The molecule has 2 heterocycles. The van der Waals surface area contributed by atoms with Crippen molar-refractivity contribution >= 4 is 17.9 Å². The van der Waals surface area contributed by atoms with Crippen LogP contribution >= 0.6 is 0 Å². The van der Waals surface area contributed by atoms with Gasteiger partial charge in [0.05, 0.1) is 0 Å². The number of piperidine rings is 1. The number of fused-ring (bicyclic) bond motifs is 1. The van der Waals surface area contributed by atoms with Crippen LogP contribution in [0.3, 0.4) is 0 Å². The van der Waals surface area contributed by atoms with Gasteiger partial charge in [-0.1, -0.05) is 18.7 Å². The first-order valence-electron chi connectivity index (χ1n) is 9.41. The van der Waals surface area contributed by atoms with Crippen molar-refractivity contribution < 1.29 is 19.1 Å². The van der Waals surface area contributed by atoms with Crippen molar-refractivity contribution in [1.82, 2.24) is 15.1 Å². The van der Waals surface area contributed by atoms with Crippen LogP contribution in [0.25, 0.3) is 0 Å². The first-order valence-corrected chi connectivity index (χ1v) is 9.41. The molecule has 1 aromatic rings. The monoisotopic (exact) mass is 385 g/mol. The van der Waals surface area contributed by atoms with Gasteiger partial charge in [-0.05, 0) is 50.8 Å². The third-order valence-electron chi connectivity index (χ3n) is 4.90. The highest BCUT2D eigenvalue weighted by atomic mass is 16.6. The largest absolute Gasteiger partial charge is 0.444 e. The normalized spacial score (nSPS) is 19.4. The molecule has 1 N–H and O–H groups in total. The van der Waals surface area contributed by atoms with Gasteiger partial charge < -0.3 is 19.9 Å². The molecule has 7 nitrogen and oxygen atoms in total. The van der Waals surface area contributed by atoms with Crippen molar-refractivity contribution in [2.45, 2.75) is 58.3 Å². The Morgan fingerprint density at radius 2 is 2.07 bits per heavy atom. The minimum Gasteiger partial charge on any atom is -0.444 e. The molecule has 0 spiro atoms. The Hall–Kier alpha value is -2.83. The molecule has 1 saturated heterocycles. The second-order valence-electron chi connectivity index (χ2n) is 8.36. The fraction of sp³-hybridized carbons (Fsp3) is 0.476. The van der Waals surface area contributed by atoms with Crippen LogP contribution in [0.15, 0.2) is 30.5 Å². The lowest BCUT2D eigenvalue weighted by atomic mass is 10.0. The van der Waals surface area contributed by atoms with Gasteiger partial charge in [0.25, 0.3) is 5.91 Å². The summed E-state index contributed by atoms with van der Waals surface area (Å²) in [5.41, 5.74) is 2.44. The standard InChI is InChI=1S/C21H27N3O4/c1-13-9-10-17(18(25)22-13)24-12-16-14(7-6-8-15(16)19(24)26)11-23(5)20(27)28-21(2,3)4/h6-8,17H,1,9-12H2,2-5H3,(H,22,25). The Morgan fingerprint density at radius 3 is 2.71 bits per heavy atom. The lowest BCUT2D eigenvalue weighted by Gasteiger charge is -2.31. The zero-order valence-electron chi connectivity index (χ0n) is 16.9. The Kier molecular flexibility index (Phi) is 5.19. The fourth-order valence-corrected chi connectivity index (χ4v) is 3.54. The molecule has 1 atom stereocenters. The highest BCUT2D eigenvalue weighted by molar-refractivity contribution is 6.01. The van der Waals surface area contributed by atoms with Gasteiger partial charge in [0, 0.05) is 31.4 Å². The molecular formula is C21H27N3O4. The van der Waals surface area contributed by atoms with Gasteiger partial charge in [0.2, 0.25) is 5.91 Å². The van der Waals surface area contributed by atoms with Crippen LogP contribution in [0.5, 0.6) is 0 Å². The first-order chi connectivity index (χ1) is 13.1. The summed E-state index contributed by atoms with van der Waals surface area (Å²) >= 11 is 0. The van der Waals surface area contributed by atoms with Crippen LogP contribution in [0, 0.1) is 0 Å². The van der Waals surface area contributed by atoms with Crippen LogP contribution < -0.4 is 5.32 Å². The number of hydrogen-bond donors (Lipinski definition) is 1. The number of carbonyl (C=O) groups excluding carboxylic acids is 3. The van der Waals surface area contributed by atoms with E-state index in [0.29, 0.717) is 37.2 Å². The maximum absolute atomic E-state index is 12.9. The summed E-state index contributed by atoms with van der Waals surface area (Å²) in [5.74, 6) is -0.339. The molecule has 1 fully saturated rings. The molecule has 0 aliphatic carbocycles. The minimum absolute atomic E-state index is 0.149. The Bertz CT molecular complexity index is 841. The van der Waals surface area contributed by atoms with E-state index in [0.717, 1.165) is 11.1 Å². The molecule has 1 aromatic carbocycles. The molecule has 2 aliphatic rings. The third kappa shape index (κ3) is 4.03. The number of nitrogens with one attached hydrogen (secondary N) is 1. The summed E-state index contributed by atoms with van der Waals surface area (Å²) in [6.07, 6.45) is 0.805. The molecule has 2 aliphatic heterocycles. The van der Waals surface area contributed by atoms with Gasteiger partial charge in [-0.15, -0.1) is 0 Å². The lowest BCUT2D eigenvalue weighted by molar-refractivity contribution is -0.126. The van der Waals surface area contributed by atoms with Crippen LogP contribution in [0.4, 0.5) is 4.79 Å². The molecule has 3 rings (SSSR count). The predicted molar refractivity (Wildman–Crippen MR) is 104 cm³/mol. The lowest BCUT2D eigenvalue weighted by Crippen LogP contribution is -2.49. The van der Waals surface area contributed by atoms with Crippen molar-refractivity contribution in [3.63, 3.8) is 0 Å². The second kappa shape index (κ2) is 7.30. The van der Waals surface area contributed by atoms with Crippen LogP contribution in [-0.2, 0) is 22.6 Å². The van der Waals surface area contributed by atoms with E-state index in [1.807, 2.05) is 26.8 Å². The van der Waals surface area contributed by atoms with E-state index in [1.54, 1.807) is 24.1 Å². The summed E-state index contributed by atoms with van der Waals surface area (Å²) in [7, 11) is 1.67. The molecule has 0 bridgehead atoms. The average molecular weight is 385 g/mol. The summed E-state index contributed by atoms with van der Waals surface area (Å²) < 4.78 is 5.40. The smallest absolute Gasteiger partial charge is 0.410 e. The topological polar surface area (TPSA) is 79.0 Å². The van der Waals surface area contributed by atoms with Gasteiger partial charge in [-0.2, -0.15) is 0 Å². The summed E-state index contributed by atoms with van der Waals surface area (Å²) in [5, 5.41) is 2.74. The number of rotatable bonds is 3. The van der Waals surface area contributed by atoms with E-state index in [2.05, 4.69) is 11.9 Å². The van der Waals surface area contributed by atoms with Crippen LogP contribution in [0.2, 0.25) is 0 Å². The number of ether oxygens (including phenoxy) is 1. The molecule has 3 amide bonds. The predicted octanol–water partition coefficient (Wildman–Crippen LogP) is 2.80. The molecule has 1 unspecified atom stereocenters. The van der Waals surface area contributed by atoms with E-state index >= 15 is 0 Å². The second-order valence-corrected chi connectivity index (χ2v) is 8.36. The SMILES string of the molecule is C=C1CCC(N2Cc3c(CN(C)C(=O)OC(C)(C)C)cccc3C2=O)C(=O)N1. The maximum Gasteiger partial charge on any atom is 0.410 e. The van der Waals surface area contributed by atoms with E-state index in [9.17, 15) is 14.4 Å². The van der Waals surface area contributed by atoms with Crippen molar-refractivity contribution in [2.75, 3.05) is 7.05 Å². The van der Waals surface area contributed by atoms with Crippen molar-refractivity contribution in [1.29, 1.82) is 0 Å². The molecule has 0 saturated carbocycles. The van der Waals surface area contributed by atoms with Crippen LogP contribution in [0.1, 0.15) is 55.1 Å². The number of nitrogens with zero attached hydrogens (tertiary/aromatic N) is 2. The number of allylic oxidation sites excluding steroid dienone is 1. The summed E-state index contributed by atoms with van der Waals surface area (Å²) in [6.45, 7) is 9.93. The molecule has 7 heteroatoms. The Labute approximate surface area is 165 Å². The third-order valence-corrected chi connectivity index (χ3v) is 4.90. The molecular weight excluding hydrogens is 358 g/mol. The number of benzene rings is 1. The highest BCUT2D eigenvalue weighted by Gasteiger charge is 2.39. The minimum atomic E-state index is -0.574. The van der Waals surface area contributed by atoms with Gasteiger partial charge >= 0.3 is 6.09 Å². The van der Waals surface area contributed by atoms with Crippen LogP contribution in [-0.4, -0.2) is 46.4 Å². The van der Waals surface area contributed by atoms with E-state index < -0.39 is 17.7 Å². The molecule has 0 radical (unpaired) electrons.